The molecular formula is C11H7BrCl2OS. The normalized spacial score (nSPS) is 12.8. The number of aliphatic hydroxyl groups excluding tert-OH is 1. The molecule has 1 aromatic carbocycles. The Morgan fingerprint density at radius 1 is 1.19 bits per heavy atom. The maximum atomic E-state index is 10.2. The molecule has 1 heterocycles. The van der Waals surface area contributed by atoms with Crippen LogP contribution in [0, 0.1) is 0 Å². The highest BCUT2D eigenvalue weighted by Gasteiger charge is 2.18. The van der Waals surface area contributed by atoms with Gasteiger partial charge in [-0.3, -0.25) is 0 Å². The SMILES string of the molecule is OC(c1ccccc1Br)c1cc(Cl)sc1Cl. The van der Waals surface area contributed by atoms with Gasteiger partial charge < -0.3 is 5.11 Å². The summed E-state index contributed by atoms with van der Waals surface area (Å²) in [5.41, 5.74) is 1.42. The first kappa shape index (κ1) is 12.4. The smallest absolute Gasteiger partial charge is 0.107 e. The summed E-state index contributed by atoms with van der Waals surface area (Å²) in [6.07, 6.45) is -0.758. The Hall–Kier alpha value is -0.0600. The highest BCUT2D eigenvalue weighted by Crippen LogP contribution is 2.38. The van der Waals surface area contributed by atoms with E-state index in [1.165, 1.54) is 11.3 Å². The van der Waals surface area contributed by atoms with E-state index < -0.39 is 6.10 Å². The number of hydrogen-bond donors (Lipinski definition) is 1. The lowest BCUT2D eigenvalue weighted by atomic mass is 10.0. The highest BCUT2D eigenvalue weighted by atomic mass is 79.9. The fourth-order valence-electron chi connectivity index (χ4n) is 1.40. The van der Waals surface area contributed by atoms with E-state index in [1.54, 1.807) is 6.07 Å². The van der Waals surface area contributed by atoms with Crippen LogP contribution in [-0.4, -0.2) is 5.11 Å². The highest BCUT2D eigenvalue weighted by molar-refractivity contribution is 9.10. The Balaban J connectivity index is 2.43. The molecule has 0 spiro atoms. The largest absolute Gasteiger partial charge is 0.384 e. The fraction of sp³-hybridized carbons (Fsp3) is 0.0909. The van der Waals surface area contributed by atoms with Crippen LogP contribution in [0.3, 0.4) is 0 Å². The molecule has 0 aliphatic carbocycles. The van der Waals surface area contributed by atoms with Crippen molar-refractivity contribution in [2.75, 3.05) is 0 Å². The van der Waals surface area contributed by atoms with Gasteiger partial charge >= 0.3 is 0 Å². The van der Waals surface area contributed by atoms with E-state index in [2.05, 4.69) is 15.9 Å². The molecule has 1 aromatic heterocycles. The van der Waals surface area contributed by atoms with Gasteiger partial charge in [0, 0.05) is 10.0 Å². The minimum atomic E-state index is -0.758. The standard InChI is InChI=1S/C11H7BrCl2OS/c12-8-4-2-1-3-6(8)10(15)7-5-9(13)16-11(7)14/h1-5,10,15H. The molecule has 0 fully saturated rings. The summed E-state index contributed by atoms with van der Waals surface area (Å²) >= 11 is 16.5. The molecule has 0 saturated heterocycles. The van der Waals surface area contributed by atoms with E-state index in [1.807, 2.05) is 24.3 Å². The van der Waals surface area contributed by atoms with Crippen molar-refractivity contribution < 1.29 is 5.11 Å². The van der Waals surface area contributed by atoms with Crippen LogP contribution in [0.4, 0.5) is 0 Å². The van der Waals surface area contributed by atoms with E-state index in [0.717, 1.165) is 10.0 Å². The van der Waals surface area contributed by atoms with Crippen LogP contribution in [0.5, 0.6) is 0 Å². The summed E-state index contributed by atoms with van der Waals surface area (Å²) < 4.78 is 1.94. The number of hydrogen-bond acceptors (Lipinski definition) is 2. The van der Waals surface area contributed by atoms with Crippen LogP contribution in [0.15, 0.2) is 34.8 Å². The van der Waals surface area contributed by atoms with Crippen molar-refractivity contribution in [3.63, 3.8) is 0 Å². The second-order valence-electron chi connectivity index (χ2n) is 3.20. The van der Waals surface area contributed by atoms with Gasteiger partial charge in [-0.05, 0) is 17.7 Å². The Labute approximate surface area is 116 Å². The van der Waals surface area contributed by atoms with Crippen LogP contribution in [0.1, 0.15) is 17.2 Å². The maximum absolute atomic E-state index is 10.2. The van der Waals surface area contributed by atoms with Gasteiger partial charge in [0.25, 0.3) is 0 Å². The zero-order valence-electron chi connectivity index (χ0n) is 7.95. The molecule has 16 heavy (non-hydrogen) atoms. The monoisotopic (exact) mass is 336 g/mol. The number of thiophene rings is 1. The van der Waals surface area contributed by atoms with Crippen molar-refractivity contribution in [1.29, 1.82) is 0 Å². The van der Waals surface area contributed by atoms with Crippen LogP contribution < -0.4 is 0 Å². The molecule has 1 N–H and O–H groups in total. The molecule has 0 amide bonds. The third-order valence-corrected chi connectivity index (χ3v) is 4.42. The summed E-state index contributed by atoms with van der Waals surface area (Å²) in [6, 6.07) is 9.17. The van der Waals surface area contributed by atoms with Crippen molar-refractivity contribution in [2.24, 2.45) is 0 Å². The second-order valence-corrected chi connectivity index (χ2v) is 6.34. The lowest BCUT2D eigenvalue weighted by molar-refractivity contribution is 0.220. The topological polar surface area (TPSA) is 20.2 Å². The van der Waals surface area contributed by atoms with Gasteiger partial charge in [0.05, 0.1) is 4.34 Å². The van der Waals surface area contributed by atoms with Gasteiger partial charge in [-0.25, -0.2) is 0 Å². The van der Waals surface area contributed by atoms with Gasteiger partial charge in [0.1, 0.15) is 10.4 Å². The van der Waals surface area contributed by atoms with Crippen LogP contribution in [-0.2, 0) is 0 Å². The average molecular weight is 338 g/mol. The summed E-state index contributed by atoms with van der Waals surface area (Å²) in [4.78, 5) is 0. The van der Waals surface area contributed by atoms with Crippen LogP contribution in [0.25, 0.3) is 0 Å². The van der Waals surface area contributed by atoms with Crippen LogP contribution in [0.2, 0.25) is 8.67 Å². The molecule has 0 aliphatic heterocycles. The fourth-order valence-corrected chi connectivity index (χ4v) is 3.43. The quantitative estimate of drug-likeness (QED) is 0.826. The van der Waals surface area contributed by atoms with Gasteiger partial charge in [0.15, 0.2) is 0 Å². The zero-order valence-corrected chi connectivity index (χ0v) is 11.9. The minimum Gasteiger partial charge on any atom is -0.384 e. The third-order valence-electron chi connectivity index (χ3n) is 2.18. The lowest BCUT2D eigenvalue weighted by Crippen LogP contribution is -1.99. The summed E-state index contributed by atoms with van der Waals surface area (Å²) in [6.45, 7) is 0. The summed E-state index contributed by atoms with van der Waals surface area (Å²) in [5.74, 6) is 0. The molecule has 2 aromatic rings. The second kappa shape index (κ2) is 5.07. The predicted octanol–water partition coefficient (Wildman–Crippen LogP) is 4.90. The number of rotatable bonds is 2. The van der Waals surface area contributed by atoms with Crippen molar-refractivity contribution in [1.82, 2.24) is 0 Å². The average Bonchev–Trinajstić information content (AvgIpc) is 2.58. The van der Waals surface area contributed by atoms with Crippen molar-refractivity contribution in [3.8, 4) is 0 Å². The van der Waals surface area contributed by atoms with E-state index in [4.69, 9.17) is 23.2 Å². The first-order valence-electron chi connectivity index (χ1n) is 4.47. The molecule has 84 valence electrons. The molecule has 0 aliphatic rings. The number of aliphatic hydroxyl groups is 1. The van der Waals surface area contributed by atoms with E-state index in [9.17, 15) is 5.11 Å². The Morgan fingerprint density at radius 2 is 1.88 bits per heavy atom. The predicted molar refractivity (Wildman–Crippen MR) is 72.5 cm³/mol. The summed E-state index contributed by atoms with van der Waals surface area (Å²) in [7, 11) is 0. The first-order chi connectivity index (χ1) is 7.59. The number of benzene rings is 1. The van der Waals surface area contributed by atoms with E-state index in [-0.39, 0.29) is 0 Å². The molecule has 0 saturated carbocycles. The molecule has 5 heteroatoms. The van der Waals surface area contributed by atoms with Crippen LogP contribution >= 0.6 is 50.5 Å². The molecule has 0 radical (unpaired) electrons. The molecular weight excluding hydrogens is 331 g/mol. The van der Waals surface area contributed by atoms with Gasteiger partial charge in [0.2, 0.25) is 0 Å². The third kappa shape index (κ3) is 2.44. The summed E-state index contributed by atoms with van der Waals surface area (Å²) in [5, 5.41) is 10.2. The first-order valence-corrected chi connectivity index (χ1v) is 6.83. The molecule has 0 bridgehead atoms. The minimum absolute atomic E-state index is 0.522. The lowest BCUT2D eigenvalue weighted by Gasteiger charge is -2.11. The Morgan fingerprint density at radius 3 is 2.44 bits per heavy atom. The zero-order chi connectivity index (χ0) is 11.7. The van der Waals surface area contributed by atoms with Gasteiger partial charge in [-0.1, -0.05) is 57.3 Å². The van der Waals surface area contributed by atoms with Crippen molar-refractivity contribution in [3.05, 3.63) is 54.6 Å². The molecule has 1 nitrogen and oxygen atoms in total. The van der Waals surface area contributed by atoms with Gasteiger partial charge in [-0.2, -0.15) is 0 Å². The van der Waals surface area contributed by atoms with Crippen molar-refractivity contribution in [2.45, 2.75) is 6.10 Å². The van der Waals surface area contributed by atoms with Gasteiger partial charge in [-0.15, -0.1) is 11.3 Å². The Bertz CT molecular complexity index is 512. The van der Waals surface area contributed by atoms with E-state index in [0.29, 0.717) is 14.2 Å². The van der Waals surface area contributed by atoms with Crippen molar-refractivity contribution >= 4 is 50.5 Å². The number of halogens is 3. The molecule has 2 rings (SSSR count). The maximum Gasteiger partial charge on any atom is 0.107 e. The molecule has 1 atom stereocenters. The molecule has 1 unspecified atom stereocenters. The van der Waals surface area contributed by atoms with E-state index >= 15 is 0 Å². The Kier molecular flexibility index (Phi) is 3.93.